The molecule has 1 aromatic rings. The second kappa shape index (κ2) is 4.96. The van der Waals surface area contributed by atoms with Crippen LogP contribution in [0.2, 0.25) is 0 Å². The van der Waals surface area contributed by atoms with Crippen molar-refractivity contribution in [3.8, 4) is 0 Å². The first kappa shape index (κ1) is 10.9. The Morgan fingerprint density at radius 1 is 1.50 bits per heavy atom. The van der Waals surface area contributed by atoms with E-state index in [1.165, 1.54) is 6.42 Å². The number of carbonyl (C=O) groups is 1. The van der Waals surface area contributed by atoms with Crippen molar-refractivity contribution in [2.75, 3.05) is 18.9 Å². The van der Waals surface area contributed by atoms with Gasteiger partial charge < -0.3 is 10.2 Å². The van der Waals surface area contributed by atoms with Crippen LogP contribution < -0.4 is 5.32 Å². The van der Waals surface area contributed by atoms with Crippen LogP contribution in [0.4, 0.5) is 5.82 Å². The number of likely N-dealkylation sites (tertiary alicyclic amines) is 1. The molecule has 1 aliphatic heterocycles. The normalized spacial score (nSPS) is 20.6. The highest BCUT2D eigenvalue weighted by atomic mass is 16.1. The lowest BCUT2D eigenvalue weighted by Gasteiger charge is -2.32. The third kappa shape index (κ3) is 2.15. The first-order chi connectivity index (χ1) is 7.85. The van der Waals surface area contributed by atoms with Crippen molar-refractivity contribution in [2.24, 2.45) is 0 Å². The van der Waals surface area contributed by atoms with E-state index >= 15 is 0 Å². The van der Waals surface area contributed by atoms with Crippen LogP contribution in [-0.4, -0.2) is 29.9 Å². The molecule has 0 aromatic carbocycles. The zero-order valence-electron chi connectivity index (χ0n) is 9.52. The van der Waals surface area contributed by atoms with E-state index in [9.17, 15) is 4.79 Å². The third-order valence-corrected chi connectivity index (χ3v) is 3.11. The van der Waals surface area contributed by atoms with Crippen molar-refractivity contribution in [1.82, 2.24) is 9.88 Å². The van der Waals surface area contributed by atoms with E-state index in [4.69, 9.17) is 0 Å². The topological polar surface area (TPSA) is 45.2 Å². The molecule has 1 saturated heterocycles. The van der Waals surface area contributed by atoms with Crippen LogP contribution >= 0.6 is 0 Å². The average molecular weight is 219 g/mol. The Labute approximate surface area is 95.7 Å². The maximum atomic E-state index is 11.0. The van der Waals surface area contributed by atoms with Gasteiger partial charge >= 0.3 is 0 Å². The quantitative estimate of drug-likeness (QED) is 0.788. The standard InChI is InChI=1S/C12H17N3O/c1-13-12-6-5-10(8-14-12)11-4-2-3-7-15(11)9-16/h5-6,8-9,11H,2-4,7H2,1H3,(H,13,14)/t11-/m1/s1. The summed E-state index contributed by atoms with van der Waals surface area (Å²) in [5.41, 5.74) is 1.13. The van der Waals surface area contributed by atoms with E-state index in [0.29, 0.717) is 0 Å². The van der Waals surface area contributed by atoms with Gasteiger partial charge in [0.2, 0.25) is 6.41 Å². The highest BCUT2D eigenvalue weighted by molar-refractivity contribution is 5.49. The van der Waals surface area contributed by atoms with Crippen molar-refractivity contribution in [3.05, 3.63) is 23.9 Å². The number of rotatable bonds is 3. The van der Waals surface area contributed by atoms with Crippen LogP contribution in [0.1, 0.15) is 30.9 Å². The molecule has 1 aromatic heterocycles. The summed E-state index contributed by atoms with van der Waals surface area (Å²) in [5, 5.41) is 2.99. The van der Waals surface area contributed by atoms with E-state index in [0.717, 1.165) is 37.2 Å². The van der Waals surface area contributed by atoms with Gasteiger partial charge in [0, 0.05) is 19.8 Å². The predicted octanol–water partition coefficient (Wildman–Crippen LogP) is 1.81. The minimum Gasteiger partial charge on any atom is -0.373 e. The van der Waals surface area contributed by atoms with Crippen LogP contribution in [0.25, 0.3) is 0 Å². The van der Waals surface area contributed by atoms with Gasteiger partial charge in [-0.15, -0.1) is 0 Å². The van der Waals surface area contributed by atoms with Gasteiger partial charge in [-0.25, -0.2) is 4.98 Å². The summed E-state index contributed by atoms with van der Waals surface area (Å²) in [6, 6.07) is 4.21. The Balaban J connectivity index is 2.17. The van der Waals surface area contributed by atoms with Crippen LogP contribution in [0, 0.1) is 0 Å². The van der Waals surface area contributed by atoms with Crippen LogP contribution in [-0.2, 0) is 4.79 Å². The summed E-state index contributed by atoms with van der Waals surface area (Å²) < 4.78 is 0. The zero-order chi connectivity index (χ0) is 11.4. The molecule has 1 N–H and O–H groups in total. The minimum absolute atomic E-state index is 0.213. The van der Waals surface area contributed by atoms with E-state index in [-0.39, 0.29) is 6.04 Å². The van der Waals surface area contributed by atoms with Gasteiger partial charge in [0.1, 0.15) is 5.82 Å². The molecule has 0 saturated carbocycles. The number of carbonyl (C=O) groups excluding carboxylic acids is 1. The maximum absolute atomic E-state index is 11.0. The SMILES string of the molecule is CNc1ccc([C@H]2CCCCN2C=O)cn1. The van der Waals surface area contributed by atoms with Crippen LogP contribution in [0.3, 0.4) is 0 Å². The lowest BCUT2D eigenvalue weighted by molar-refractivity contribution is -0.121. The largest absolute Gasteiger partial charge is 0.373 e. The fourth-order valence-electron chi connectivity index (χ4n) is 2.19. The number of hydrogen-bond acceptors (Lipinski definition) is 3. The van der Waals surface area contributed by atoms with E-state index in [1.54, 1.807) is 0 Å². The molecule has 0 radical (unpaired) electrons. The summed E-state index contributed by atoms with van der Waals surface area (Å²) in [5.74, 6) is 0.859. The smallest absolute Gasteiger partial charge is 0.210 e. The summed E-state index contributed by atoms with van der Waals surface area (Å²) in [7, 11) is 1.85. The molecule has 0 spiro atoms. The average Bonchev–Trinajstić information content (AvgIpc) is 2.39. The molecule has 16 heavy (non-hydrogen) atoms. The molecule has 1 aliphatic rings. The number of hydrogen-bond donors (Lipinski definition) is 1. The Morgan fingerprint density at radius 3 is 3.00 bits per heavy atom. The molecule has 1 fully saturated rings. The summed E-state index contributed by atoms with van der Waals surface area (Å²) in [4.78, 5) is 17.1. The van der Waals surface area contributed by atoms with Gasteiger partial charge in [-0.05, 0) is 30.9 Å². The van der Waals surface area contributed by atoms with E-state index in [2.05, 4.69) is 10.3 Å². The molecule has 1 atom stereocenters. The van der Waals surface area contributed by atoms with Gasteiger partial charge in [-0.2, -0.15) is 0 Å². The summed E-state index contributed by atoms with van der Waals surface area (Å²) in [6.45, 7) is 0.863. The van der Waals surface area contributed by atoms with Gasteiger partial charge in [0.25, 0.3) is 0 Å². The van der Waals surface area contributed by atoms with Gasteiger partial charge in [0.15, 0.2) is 0 Å². The maximum Gasteiger partial charge on any atom is 0.210 e. The Hall–Kier alpha value is -1.58. The number of nitrogens with zero attached hydrogens (tertiary/aromatic N) is 2. The fraction of sp³-hybridized carbons (Fsp3) is 0.500. The molecule has 4 heteroatoms. The molecule has 2 rings (SSSR count). The zero-order valence-corrected chi connectivity index (χ0v) is 9.52. The van der Waals surface area contributed by atoms with E-state index in [1.807, 2.05) is 30.3 Å². The molecule has 0 aliphatic carbocycles. The van der Waals surface area contributed by atoms with Crippen LogP contribution in [0.15, 0.2) is 18.3 Å². The Morgan fingerprint density at radius 2 is 2.38 bits per heavy atom. The highest BCUT2D eigenvalue weighted by Gasteiger charge is 2.22. The van der Waals surface area contributed by atoms with Crippen molar-refractivity contribution < 1.29 is 4.79 Å². The van der Waals surface area contributed by atoms with Crippen LogP contribution in [0.5, 0.6) is 0 Å². The predicted molar refractivity (Wildman–Crippen MR) is 63.1 cm³/mol. The van der Waals surface area contributed by atoms with Crippen molar-refractivity contribution >= 4 is 12.2 Å². The number of aromatic nitrogens is 1. The summed E-state index contributed by atoms with van der Waals surface area (Å²) >= 11 is 0. The summed E-state index contributed by atoms with van der Waals surface area (Å²) in [6.07, 6.45) is 6.15. The van der Waals surface area contributed by atoms with Crippen molar-refractivity contribution in [2.45, 2.75) is 25.3 Å². The molecular formula is C12H17N3O. The van der Waals surface area contributed by atoms with Crippen molar-refractivity contribution in [3.63, 3.8) is 0 Å². The lowest BCUT2D eigenvalue weighted by Crippen LogP contribution is -2.32. The molecule has 4 nitrogen and oxygen atoms in total. The molecular weight excluding hydrogens is 202 g/mol. The molecule has 0 unspecified atom stereocenters. The second-order valence-corrected chi connectivity index (χ2v) is 4.08. The fourth-order valence-corrected chi connectivity index (χ4v) is 2.19. The third-order valence-electron chi connectivity index (χ3n) is 3.11. The molecule has 2 heterocycles. The molecule has 1 amide bonds. The second-order valence-electron chi connectivity index (χ2n) is 4.08. The number of anilines is 1. The first-order valence-electron chi connectivity index (χ1n) is 5.70. The number of pyridine rings is 1. The van der Waals surface area contributed by atoms with E-state index < -0.39 is 0 Å². The monoisotopic (exact) mass is 219 g/mol. The molecule has 86 valence electrons. The highest BCUT2D eigenvalue weighted by Crippen LogP contribution is 2.29. The Kier molecular flexibility index (Phi) is 3.39. The van der Waals surface area contributed by atoms with Gasteiger partial charge in [-0.1, -0.05) is 6.07 Å². The molecule has 0 bridgehead atoms. The number of nitrogens with one attached hydrogen (secondary N) is 1. The van der Waals surface area contributed by atoms with Gasteiger partial charge in [0.05, 0.1) is 6.04 Å². The van der Waals surface area contributed by atoms with Crippen molar-refractivity contribution in [1.29, 1.82) is 0 Å². The first-order valence-corrected chi connectivity index (χ1v) is 5.70. The lowest BCUT2D eigenvalue weighted by atomic mass is 9.97. The minimum atomic E-state index is 0.213. The Bertz CT molecular complexity index is 350. The van der Waals surface area contributed by atoms with Gasteiger partial charge in [-0.3, -0.25) is 4.79 Å². The number of piperidine rings is 1. The number of amides is 1.